The third-order valence-electron chi connectivity index (χ3n) is 3.21. The molecule has 0 amide bonds. The maximum Gasteiger partial charge on any atom is 0.217 e. The topological polar surface area (TPSA) is 96.5 Å². The molecule has 0 aromatic carbocycles. The van der Waals surface area contributed by atoms with E-state index in [1.54, 1.807) is 0 Å². The molecule has 0 spiro atoms. The van der Waals surface area contributed by atoms with E-state index in [4.69, 9.17) is 15.9 Å². The Morgan fingerprint density at radius 1 is 1.42 bits per heavy atom. The first-order valence-electron chi connectivity index (χ1n) is 6.77. The largest absolute Gasteiger partial charge is 0.387 e. The zero-order valence-corrected chi connectivity index (χ0v) is 12.6. The number of nitrogens with one attached hydrogen (secondary N) is 1. The van der Waals surface area contributed by atoms with Gasteiger partial charge in [-0.15, -0.1) is 0 Å². The molecule has 6 nitrogen and oxygen atoms in total. The van der Waals surface area contributed by atoms with Crippen molar-refractivity contribution >= 4 is 15.9 Å². The molecule has 0 heterocycles. The Morgan fingerprint density at radius 3 is 2.47 bits per heavy atom. The van der Waals surface area contributed by atoms with Gasteiger partial charge in [0.1, 0.15) is 5.84 Å². The average Bonchev–Trinajstić information content (AvgIpc) is 2.77. The molecule has 0 radical (unpaired) electrons. The highest BCUT2D eigenvalue weighted by atomic mass is 32.2. The van der Waals surface area contributed by atoms with E-state index in [1.807, 2.05) is 13.8 Å². The van der Waals surface area contributed by atoms with Crippen molar-refractivity contribution in [1.82, 2.24) is 4.31 Å². The van der Waals surface area contributed by atoms with E-state index in [2.05, 4.69) is 0 Å². The SMILES string of the molecule is CC(C)OCCS(=O)(=O)N(CC(=N)N)C1CCCC1. The zero-order chi connectivity index (χ0) is 14.5. The Kier molecular flexibility index (Phi) is 6.22. The van der Waals surface area contributed by atoms with E-state index < -0.39 is 10.0 Å². The minimum Gasteiger partial charge on any atom is -0.387 e. The Morgan fingerprint density at radius 2 is 2.00 bits per heavy atom. The Bertz CT molecular complexity index is 389. The Labute approximate surface area is 115 Å². The summed E-state index contributed by atoms with van der Waals surface area (Å²) in [5.74, 6) is -0.158. The lowest BCUT2D eigenvalue weighted by Crippen LogP contribution is -2.45. The number of rotatable bonds is 8. The Hall–Kier alpha value is -0.660. The molecule has 1 aliphatic rings. The van der Waals surface area contributed by atoms with Crippen LogP contribution in [-0.2, 0) is 14.8 Å². The quantitative estimate of drug-likeness (QED) is 0.513. The van der Waals surface area contributed by atoms with Gasteiger partial charge in [-0.1, -0.05) is 12.8 Å². The molecule has 0 aromatic rings. The lowest BCUT2D eigenvalue weighted by atomic mass is 10.2. The number of ether oxygens (including phenoxy) is 1. The van der Waals surface area contributed by atoms with Gasteiger partial charge in [-0.2, -0.15) is 4.31 Å². The summed E-state index contributed by atoms with van der Waals surface area (Å²) in [6.07, 6.45) is 3.81. The summed E-state index contributed by atoms with van der Waals surface area (Å²) in [5.41, 5.74) is 5.38. The van der Waals surface area contributed by atoms with Crippen molar-refractivity contribution in [3.05, 3.63) is 0 Å². The highest BCUT2D eigenvalue weighted by Gasteiger charge is 2.32. The third kappa shape index (κ3) is 5.46. The van der Waals surface area contributed by atoms with Crippen LogP contribution >= 0.6 is 0 Å². The van der Waals surface area contributed by atoms with Gasteiger partial charge in [-0.3, -0.25) is 5.41 Å². The van der Waals surface area contributed by atoms with Gasteiger partial charge in [0.25, 0.3) is 0 Å². The summed E-state index contributed by atoms with van der Waals surface area (Å²) < 4.78 is 31.4. The summed E-state index contributed by atoms with van der Waals surface area (Å²) in [7, 11) is -3.41. The second-order valence-corrected chi connectivity index (χ2v) is 7.29. The monoisotopic (exact) mass is 291 g/mol. The molecule has 19 heavy (non-hydrogen) atoms. The lowest BCUT2D eigenvalue weighted by molar-refractivity contribution is 0.0905. The molecule has 0 saturated heterocycles. The van der Waals surface area contributed by atoms with Crippen LogP contribution in [0.5, 0.6) is 0 Å². The van der Waals surface area contributed by atoms with Crippen LogP contribution in [0.1, 0.15) is 39.5 Å². The van der Waals surface area contributed by atoms with Crippen LogP contribution in [0.4, 0.5) is 0 Å². The van der Waals surface area contributed by atoms with Crippen molar-refractivity contribution in [2.45, 2.75) is 51.7 Å². The first kappa shape index (κ1) is 16.4. The molecule has 1 rings (SSSR count). The van der Waals surface area contributed by atoms with E-state index in [0.717, 1.165) is 25.7 Å². The van der Waals surface area contributed by atoms with E-state index in [0.29, 0.717) is 0 Å². The van der Waals surface area contributed by atoms with Crippen LogP contribution in [0.3, 0.4) is 0 Å². The normalized spacial score (nSPS) is 17.5. The van der Waals surface area contributed by atoms with Crippen molar-refractivity contribution in [3.8, 4) is 0 Å². The molecule has 1 fully saturated rings. The molecule has 1 aliphatic carbocycles. The van der Waals surface area contributed by atoms with Crippen LogP contribution < -0.4 is 5.73 Å². The van der Waals surface area contributed by atoms with E-state index in [9.17, 15) is 8.42 Å². The second kappa shape index (κ2) is 7.21. The van der Waals surface area contributed by atoms with Gasteiger partial charge in [0.15, 0.2) is 0 Å². The molecule has 0 unspecified atom stereocenters. The predicted octanol–water partition coefficient (Wildman–Crippen LogP) is 0.922. The van der Waals surface area contributed by atoms with E-state index >= 15 is 0 Å². The summed E-state index contributed by atoms with van der Waals surface area (Å²) in [5, 5.41) is 7.35. The minimum atomic E-state index is -3.41. The van der Waals surface area contributed by atoms with Crippen molar-refractivity contribution in [3.63, 3.8) is 0 Å². The predicted molar refractivity (Wildman–Crippen MR) is 75.8 cm³/mol. The van der Waals surface area contributed by atoms with Crippen LogP contribution in [0.15, 0.2) is 0 Å². The molecular formula is C12H25N3O3S. The maximum atomic E-state index is 12.3. The van der Waals surface area contributed by atoms with Gasteiger partial charge >= 0.3 is 0 Å². The van der Waals surface area contributed by atoms with Crippen LogP contribution in [-0.4, -0.2) is 49.6 Å². The fraction of sp³-hybridized carbons (Fsp3) is 0.917. The first-order valence-corrected chi connectivity index (χ1v) is 8.38. The van der Waals surface area contributed by atoms with E-state index in [1.165, 1.54) is 4.31 Å². The standard InChI is InChI=1S/C12H25N3O3S/c1-10(2)18-7-8-19(16,17)15(9-12(13)14)11-5-3-4-6-11/h10-11H,3-9H2,1-2H3,(H3,13,14). The molecule has 0 aliphatic heterocycles. The lowest BCUT2D eigenvalue weighted by Gasteiger charge is -2.27. The zero-order valence-electron chi connectivity index (χ0n) is 11.8. The number of sulfonamides is 1. The van der Waals surface area contributed by atoms with Crippen molar-refractivity contribution < 1.29 is 13.2 Å². The van der Waals surface area contributed by atoms with Crippen LogP contribution in [0, 0.1) is 5.41 Å². The highest BCUT2D eigenvalue weighted by Crippen LogP contribution is 2.25. The van der Waals surface area contributed by atoms with Crippen LogP contribution in [0.25, 0.3) is 0 Å². The highest BCUT2D eigenvalue weighted by molar-refractivity contribution is 7.89. The fourth-order valence-corrected chi connectivity index (χ4v) is 3.86. The van der Waals surface area contributed by atoms with Gasteiger partial charge in [0, 0.05) is 6.04 Å². The van der Waals surface area contributed by atoms with E-state index in [-0.39, 0.29) is 36.9 Å². The summed E-state index contributed by atoms with van der Waals surface area (Å²) >= 11 is 0. The molecule has 7 heteroatoms. The molecule has 3 N–H and O–H groups in total. The number of amidine groups is 1. The molecule has 0 aromatic heterocycles. The molecular weight excluding hydrogens is 266 g/mol. The molecule has 0 atom stereocenters. The number of hydrogen-bond donors (Lipinski definition) is 2. The van der Waals surface area contributed by atoms with Gasteiger partial charge in [-0.25, -0.2) is 8.42 Å². The first-order chi connectivity index (χ1) is 8.83. The Balaban J connectivity index is 2.68. The van der Waals surface area contributed by atoms with Gasteiger partial charge in [0.05, 0.1) is 25.0 Å². The number of hydrogen-bond acceptors (Lipinski definition) is 4. The maximum absolute atomic E-state index is 12.3. The molecule has 0 bridgehead atoms. The summed E-state index contributed by atoms with van der Waals surface area (Å²) in [6.45, 7) is 3.92. The van der Waals surface area contributed by atoms with Gasteiger partial charge < -0.3 is 10.5 Å². The van der Waals surface area contributed by atoms with Crippen molar-refractivity contribution in [1.29, 1.82) is 5.41 Å². The number of nitrogens with zero attached hydrogens (tertiary/aromatic N) is 1. The molecule has 112 valence electrons. The van der Waals surface area contributed by atoms with Gasteiger partial charge in [0.2, 0.25) is 10.0 Å². The van der Waals surface area contributed by atoms with Crippen LogP contribution in [0.2, 0.25) is 0 Å². The van der Waals surface area contributed by atoms with Gasteiger partial charge in [-0.05, 0) is 26.7 Å². The smallest absolute Gasteiger partial charge is 0.217 e. The summed E-state index contributed by atoms with van der Waals surface area (Å²) in [4.78, 5) is 0. The second-order valence-electron chi connectivity index (χ2n) is 5.24. The van der Waals surface area contributed by atoms with Crippen molar-refractivity contribution in [2.24, 2.45) is 5.73 Å². The molecule has 1 saturated carbocycles. The fourth-order valence-electron chi connectivity index (χ4n) is 2.32. The minimum absolute atomic E-state index is 0.00528. The number of nitrogens with two attached hydrogens (primary N) is 1. The third-order valence-corrected chi connectivity index (χ3v) is 5.03. The summed E-state index contributed by atoms with van der Waals surface area (Å²) in [6, 6.07) is -0.00653. The average molecular weight is 291 g/mol. The van der Waals surface area contributed by atoms with Crippen molar-refractivity contribution in [2.75, 3.05) is 18.9 Å².